The number of esters is 1. The molecule has 2 N–H and O–H groups in total. The molecular weight excluding hydrogens is 392 g/mol. The second kappa shape index (κ2) is 9.14. The summed E-state index contributed by atoms with van der Waals surface area (Å²) in [6, 6.07) is 17.1. The number of carbonyl (C=O) groups is 1. The van der Waals surface area contributed by atoms with E-state index in [0.717, 1.165) is 17.5 Å². The zero-order valence-electron chi connectivity index (χ0n) is 17.7. The van der Waals surface area contributed by atoms with Crippen molar-refractivity contribution in [3.63, 3.8) is 0 Å². The van der Waals surface area contributed by atoms with Gasteiger partial charge in [-0.1, -0.05) is 42.5 Å². The number of aromatic nitrogens is 3. The van der Waals surface area contributed by atoms with Gasteiger partial charge in [-0.25, -0.2) is 14.8 Å². The van der Waals surface area contributed by atoms with Crippen molar-refractivity contribution in [2.24, 2.45) is 0 Å². The van der Waals surface area contributed by atoms with Crippen LogP contribution < -0.4 is 5.73 Å². The maximum atomic E-state index is 13.0. The molecule has 7 nitrogen and oxygen atoms in total. The molecule has 0 atom stereocenters. The van der Waals surface area contributed by atoms with Gasteiger partial charge in [0.15, 0.2) is 5.65 Å². The average molecular weight is 418 g/mol. The highest BCUT2D eigenvalue weighted by atomic mass is 16.5. The second-order valence-electron chi connectivity index (χ2n) is 7.63. The third-order valence-corrected chi connectivity index (χ3v) is 4.99. The first-order valence-electron chi connectivity index (χ1n) is 10.4. The molecule has 0 unspecified atom stereocenters. The van der Waals surface area contributed by atoms with Gasteiger partial charge in [-0.15, -0.1) is 0 Å². The molecular formula is C24H26N4O3. The van der Waals surface area contributed by atoms with Crippen LogP contribution in [0.25, 0.3) is 22.2 Å². The molecule has 0 saturated heterocycles. The van der Waals surface area contributed by atoms with E-state index >= 15 is 0 Å². The zero-order valence-corrected chi connectivity index (χ0v) is 17.7. The molecule has 31 heavy (non-hydrogen) atoms. The van der Waals surface area contributed by atoms with E-state index in [1.807, 2.05) is 73.0 Å². The van der Waals surface area contributed by atoms with Gasteiger partial charge in [-0.3, -0.25) is 0 Å². The number of nitrogens with zero attached hydrogens (tertiary/aromatic N) is 3. The number of hydrogen-bond acceptors (Lipinski definition) is 6. The van der Waals surface area contributed by atoms with Crippen LogP contribution >= 0.6 is 0 Å². The van der Waals surface area contributed by atoms with Gasteiger partial charge in [0.25, 0.3) is 0 Å². The van der Waals surface area contributed by atoms with Crippen molar-refractivity contribution in [2.45, 2.75) is 39.5 Å². The molecule has 4 rings (SSSR count). The Bertz CT molecular complexity index is 1200. The maximum Gasteiger partial charge on any atom is 0.344 e. The van der Waals surface area contributed by atoms with Crippen molar-refractivity contribution >= 4 is 34.0 Å². The first-order valence-corrected chi connectivity index (χ1v) is 10.4. The van der Waals surface area contributed by atoms with Gasteiger partial charge in [0.05, 0.1) is 17.1 Å². The molecule has 0 radical (unpaired) electrons. The molecule has 160 valence electrons. The van der Waals surface area contributed by atoms with Crippen molar-refractivity contribution in [1.82, 2.24) is 14.5 Å². The van der Waals surface area contributed by atoms with Crippen LogP contribution in [-0.4, -0.2) is 33.2 Å². The molecule has 0 aliphatic carbocycles. The minimum Gasteiger partial charge on any atom is -0.457 e. The SMILES string of the molecule is CC(C)OCCCn1c(N)c(C(=O)OCc2ccccc2)c2nc3ccccc3nc21. The summed E-state index contributed by atoms with van der Waals surface area (Å²) < 4.78 is 13.0. The molecule has 0 spiro atoms. The predicted molar refractivity (Wildman–Crippen MR) is 121 cm³/mol. The minimum atomic E-state index is -0.506. The van der Waals surface area contributed by atoms with E-state index in [4.69, 9.17) is 25.2 Å². The van der Waals surface area contributed by atoms with Crippen molar-refractivity contribution < 1.29 is 14.3 Å². The fourth-order valence-corrected chi connectivity index (χ4v) is 3.48. The molecule has 2 aromatic heterocycles. The van der Waals surface area contributed by atoms with Crippen LogP contribution in [0.2, 0.25) is 0 Å². The largest absolute Gasteiger partial charge is 0.457 e. The number of hydrogen-bond donors (Lipinski definition) is 1. The van der Waals surface area contributed by atoms with Gasteiger partial charge in [-0.2, -0.15) is 0 Å². The zero-order chi connectivity index (χ0) is 21.8. The molecule has 0 amide bonds. The number of ether oxygens (including phenoxy) is 2. The van der Waals surface area contributed by atoms with Gasteiger partial charge >= 0.3 is 5.97 Å². The average Bonchev–Trinajstić information content (AvgIpc) is 3.04. The lowest BCUT2D eigenvalue weighted by Gasteiger charge is -2.10. The highest BCUT2D eigenvalue weighted by Crippen LogP contribution is 2.29. The number of aryl methyl sites for hydroxylation is 1. The summed E-state index contributed by atoms with van der Waals surface area (Å²) in [4.78, 5) is 22.5. The number of nitrogens with two attached hydrogens (primary N) is 1. The Balaban J connectivity index is 1.69. The highest BCUT2D eigenvalue weighted by Gasteiger charge is 2.25. The summed E-state index contributed by atoms with van der Waals surface area (Å²) in [6.07, 6.45) is 0.894. The number of benzene rings is 2. The number of para-hydroxylation sites is 2. The summed E-state index contributed by atoms with van der Waals surface area (Å²) in [5.74, 6) is -0.193. The van der Waals surface area contributed by atoms with Crippen LogP contribution in [0.1, 0.15) is 36.2 Å². The Hall–Kier alpha value is -3.45. The smallest absolute Gasteiger partial charge is 0.344 e. The van der Waals surface area contributed by atoms with Crippen LogP contribution in [-0.2, 0) is 22.6 Å². The summed E-state index contributed by atoms with van der Waals surface area (Å²) in [5.41, 5.74) is 10.1. The van der Waals surface area contributed by atoms with E-state index in [-0.39, 0.29) is 18.3 Å². The number of carbonyl (C=O) groups excluding carboxylic acids is 1. The number of fused-ring (bicyclic) bond motifs is 2. The molecule has 4 aromatic rings. The normalized spacial score (nSPS) is 11.5. The van der Waals surface area contributed by atoms with Crippen molar-refractivity contribution in [3.8, 4) is 0 Å². The summed E-state index contributed by atoms with van der Waals surface area (Å²) >= 11 is 0. The fourth-order valence-electron chi connectivity index (χ4n) is 3.48. The van der Waals surface area contributed by atoms with E-state index < -0.39 is 5.97 Å². The van der Waals surface area contributed by atoms with Gasteiger partial charge in [0.2, 0.25) is 0 Å². The van der Waals surface area contributed by atoms with Crippen LogP contribution in [0, 0.1) is 0 Å². The molecule has 0 aliphatic heterocycles. The number of anilines is 1. The quantitative estimate of drug-likeness (QED) is 0.338. The van der Waals surface area contributed by atoms with E-state index in [2.05, 4.69) is 0 Å². The topological polar surface area (TPSA) is 92.3 Å². The van der Waals surface area contributed by atoms with Crippen LogP contribution in [0.4, 0.5) is 5.82 Å². The van der Waals surface area contributed by atoms with Crippen LogP contribution in [0.3, 0.4) is 0 Å². The Labute approximate surface area is 180 Å². The summed E-state index contributed by atoms with van der Waals surface area (Å²) in [7, 11) is 0. The van der Waals surface area contributed by atoms with E-state index in [0.29, 0.717) is 35.7 Å². The first kappa shape index (κ1) is 20.8. The van der Waals surface area contributed by atoms with Gasteiger partial charge in [0.1, 0.15) is 23.5 Å². The molecule has 0 aliphatic rings. The van der Waals surface area contributed by atoms with Gasteiger partial charge in [0, 0.05) is 13.2 Å². The lowest BCUT2D eigenvalue weighted by molar-refractivity contribution is 0.0476. The number of rotatable bonds is 8. The van der Waals surface area contributed by atoms with Crippen molar-refractivity contribution in [2.75, 3.05) is 12.3 Å². The first-order chi connectivity index (χ1) is 15.0. The minimum absolute atomic E-state index is 0.158. The summed E-state index contributed by atoms with van der Waals surface area (Å²) in [6.45, 7) is 5.31. The predicted octanol–water partition coefficient (Wildman–Crippen LogP) is 4.34. The standard InChI is InChI=1S/C24H26N4O3/c1-16(2)30-14-8-13-28-22(25)20(24(29)31-15-17-9-4-3-5-10-17)21-23(28)27-19-12-7-6-11-18(19)26-21/h3-7,9-12,16H,8,13-15,25H2,1-2H3. The molecule has 0 fully saturated rings. The highest BCUT2D eigenvalue weighted by molar-refractivity contribution is 6.08. The van der Waals surface area contributed by atoms with E-state index in [1.165, 1.54) is 0 Å². The van der Waals surface area contributed by atoms with Crippen molar-refractivity contribution in [3.05, 3.63) is 65.7 Å². The van der Waals surface area contributed by atoms with E-state index in [9.17, 15) is 4.79 Å². The lowest BCUT2D eigenvalue weighted by atomic mass is 10.2. The number of nitrogen functional groups attached to an aromatic ring is 1. The molecule has 0 bridgehead atoms. The Morgan fingerprint density at radius 3 is 2.42 bits per heavy atom. The van der Waals surface area contributed by atoms with Crippen LogP contribution in [0.15, 0.2) is 54.6 Å². The van der Waals surface area contributed by atoms with E-state index in [1.54, 1.807) is 0 Å². The molecule has 0 saturated carbocycles. The van der Waals surface area contributed by atoms with Gasteiger partial charge in [-0.05, 0) is 38.0 Å². The molecule has 2 aromatic carbocycles. The fraction of sp³-hybridized carbons (Fsp3) is 0.292. The summed E-state index contributed by atoms with van der Waals surface area (Å²) in [5, 5.41) is 0. The molecule has 7 heteroatoms. The van der Waals surface area contributed by atoms with Crippen LogP contribution in [0.5, 0.6) is 0 Å². The Morgan fingerprint density at radius 2 is 1.71 bits per heavy atom. The Kier molecular flexibility index (Phi) is 6.13. The lowest BCUT2D eigenvalue weighted by Crippen LogP contribution is -2.11. The van der Waals surface area contributed by atoms with Gasteiger partial charge < -0.3 is 19.8 Å². The Morgan fingerprint density at radius 1 is 1.03 bits per heavy atom. The monoisotopic (exact) mass is 418 g/mol. The van der Waals surface area contributed by atoms with Crippen molar-refractivity contribution in [1.29, 1.82) is 0 Å². The third kappa shape index (κ3) is 4.51. The second-order valence-corrected chi connectivity index (χ2v) is 7.63. The molecule has 2 heterocycles. The maximum absolute atomic E-state index is 13.0. The third-order valence-electron chi connectivity index (χ3n) is 4.99.